The number of thiazole rings is 1. The number of carbonyl (C=O) groups excluding carboxylic acids is 3. The first-order valence-corrected chi connectivity index (χ1v) is 17.2. The largest absolute Gasteiger partial charge is 0.490 e. The second kappa shape index (κ2) is 14.5. The Balaban J connectivity index is 0.00000468. The van der Waals surface area contributed by atoms with Gasteiger partial charge >= 0.3 is 0 Å². The number of rotatable bonds is 9. The second-order valence-corrected chi connectivity index (χ2v) is 14.9. The van der Waals surface area contributed by atoms with Crippen molar-refractivity contribution in [2.75, 3.05) is 6.54 Å². The van der Waals surface area contributed by atoms with Crippen molar-refractivity contribution in [1.29, 1.82) is 0 Å². The summed E-state index contributed by atoms with van der Waals surface area (Å²) < 4.78 is 11.8. The summed E-state index contributed by atoms with van der Waals surface area (Å²) in [6, 6.07) is 12.9. The van der Waals surface area contributed by atoms with Crippen LogP contribution in [0.3, 0.4) is 0 Å². The Morgan fingerprint density at radius 1 is 1.08 bits per heavy atom. The van der Waals surface area contributed by atoms with Crippen molar-refractivity contribution in [3.05, 3.63) is 71.1 Å². The zero-order valence-corrected chi connectivity index (χ0v) is 29.9. The predicted molar refractivity (Wildman–Crippen MR) is 191 cm³/mol. The Morgan fingerprint density at radius 3 is 2.43 bits per heavy atom. The summed E-state index contributed by atoms with van der Waals surface area (Å²) in [7, 11) is 0. The quantitative estimate of drug-likeness (QED) is 0.186. The van der Waals surface area contributed by atoms with E-state index in [0.29, 0.717) is 16.7 Å². The monoisotopic (exact) mass is 709 g/mol. The van der Waals surface area contributed by atoms with E-state index >= 15 is 0 Å². The number of aliphatic hydroxyl groups excluding tert-OH is 1. The summed E-state index contributed by atoms with van der Waals surface area (Å²) >= 11 is 1.58. The van der Waals surface area contributed by atoms with Gasteiger partial charge < -0.3 is 35.5 Å². The van der Waals surface area contributed by atoms with Crippen LogP contribution in [0.15, 0.2) is 58.5 Å². The number of aliphatic hydroxyl groups is 1. The molecule has 2 aromatic carbocycles. The zero-order valence-electron chi connectivity index (χ0n) is 28.3. The number of likely N-dealkylation sites (tertiary alicyclic amines) is 1. The molecule has 2 aliphatic rings. The average molecular weight is 710 g/mol. The van der Waals surface area contributed by atoms with E-state index < -0.39 is 35.4 Å². The third-order valence-electron chi connectivity index (χ3n) is 9.18. The Morgan fingerprint density at radius 2 is 1.80 bits per heavy atom. The number of fused-ring (bicyclic) bond motifs is 1. The number of benzene rings is 2. The van der Waals surface area contributed by atoms with Crippen molar-refractivity contribution in [1.82, 2.24) is 20.5 Å². The van der Waals surface area contributed by atoms with Gasteiger partial charge in [0.25, 0.3) is 5.91 Å². The van der Waals surface area contributed by atoms with Gasteiger partial charge in [-0.3, -0.25) is 14.4 Å². The Hall–Kier alpha value is -3.97. The normalized spacial score (nSPS) is 21.7. The zero-order chi connectivity index (χ0) is 34.3. The van der Waals surface area contributed by atoms with Gasteiger partial charge in [0.15, 0.2) is 5.76 Å². The molecule has 2 aromatic heterocycles. The van der Waals surface area contributed by atoms with Gasteiger partial charge in [0.1, 0.15) is 29.5 Å². The lowest BCUT2D eigenvalue weighted by Gasteiger charge is -2.35. The van der Waals surface area contributed by atoms with Crippen molar-refractivity contribution >= 4 is 52.4 Å². The minimum atomic E-state index is -0.999. The maximum absolute atomic E-state index is 14.1. The maximum atomic E-state index is 14.1. The van der Waals surface area contributed by atoms with Crippen molar-refractivity contribution in [3.8, 4) is 16.2 Å². The summed E-state index contributed by atoms with van der Waals surface area (Å²) in [6.07, 6.45) is 0.906. The molecule has 262 valence electrons. The van der Waals surface area contributed by atoms with E-state index in [9.17, 15) is 19.5 Å². The molecule has 0 bridgehead atoms. The highest BCUT2D eigenvalue weighted by molar-refractivity contribution is 7.13. The first kappa shape index (κ1) is 36.3. The summed E-state index contributed by atoms with van der Waals surface area (Å²) in [6.45, 7) is 9.35. The standard InChI is InChI=1S/C36H43N5O6S.ClH/c1-19(21-6-8-22(9-7-21)31-20(2)38-18-48-31)39-33(43)28-16-25(42)17-41(28)35(45)32(36(3,4)5)40-34(44)30-13-23-12-26(10-11-29(23)47-30)46-27-14-24(37)15-27;/h6-13,18-19,24-25,27-28,32,42H,14-17,37H2,1-5H3,(H,39,43)(H,40,44);1H/t19?,24?,25-,27?,28+,32?;/m1./s1. The number of nitrogens with one attached hydrogen (secondary N) is 2. The van der Waals surface area contributed by atoms with Crippen LogP contribution in [0.1, 0.15) is 74.8 Å². The lowest BCUT2D eigenvalue weighted by molar-refractivity contribution is -0.142. The molecule has 0 spiro atoms. The van der Waals surface area contributed by atoms with Crippen LogP contribution in [0.4, 0.5) is 0 Å². The minimum Gasteiger partial charge on any atom is -0.490 e. The fourth-order valence-electron chi connectivity index (χ4n) is 6.32. The van der Waals surface area contributed by atoms with Gasteiger partial charge in [0.05, 0.1) is 28.2 Å². The van der Waals surface area contributed by atoms with E-state index in [1.165, 1.54) is 4.90 Å². The molecule has 4 atom stereocenters. The number of hydrogen-bond donors (Lipinski definition) is 4. The highest BCUT2D eigenvalue weighted by Gasteiger charge is 2.45. The molecular formula is C36H44ClN5O6S. The second-order valence-electron chi connectivity index (χ2n) is 14.1. The average Bonchev–Trinajstić information content (AvgIpc) is 3.76. The molecule has 3 heterocycles. The number of nitrogens with two attached hydrogens (primary N) is 1. The lowest BCUT2D eigenvalue weighted by Crippen LogP contribution is -2.57. The molecule has 1 saturated heterocycles. The van der Waals surface area contributed by atoms with Crippen LogP contribution in [-0.2, 0) is 9.59 Å². The number of ether oxygens (including phenoxy) is 1. The number of halogens is 1. The summed E-state index contributed by atoms with van der Waals surface area (Å²) in [5, 5.41) is 17.2. The van der Waals surface area contributed by atoms with Crippen LogP contribution in [0, 0.1) is 12.3 Å². The van der Waals surface area contributed by atoms with E-state index in [0.717, 1.165) is 34.5 Å². The van der Waals surface area contributed by atoms with Crippen molar-refractivity contribution in [3.63, 3.8) is 0 Å². The van der Waals surface area contributed by atoms with Crippen LogP contribution in [-0.4, -0.2) is 69.6 Å². The van der Waals surface area contributed by atoms with Crippen LogP contribution >= 0.6 is 23.7 Å². The fourth-order valence-corrected chi connectivity index (χ4v) is 7.13. The van der Waals surface area contributed by atoms with Gasteiger partial charge in [0, 0.05) is 24.4 Å². The van der Waals surface area contributed by atoms with E-state index in [4.69, 9.17) is 14.9 Å². The molecule has 49 heavy (non-hydrogen) atoms. The minimum absolute atomic E-state index is 0. The maximum Gasteiger partial charge on any atom is 0.287 e. The lowest BCUT2D eigenvalue weighted by atomic mass is 9.85. The van der Waals surface area contributed by atoms with E-state index in [1.54, 1.807) is 29.5 Å². The molecule has 4 aromatic rings. The third kappa shape index (κ3) is 7.93. The summed E-state index contributed by atoms with van der Waals surface area (Å²) in [4.78, 5) is 48.0. The smallest absolute Gasteiger partial charge is 0.287 e. The molecule has 5 N–H and O–H groups in total. The molecule has 1 saturated carbocycles. The molecule has 13 heteroatoms. The number of hydrogen-bond acceptors (Lipinski definition) is 9. The highest BCUT2D eigenvalue weighted by atomic mass is 35.5. The molecule has 0 radical (unpaired) electrons. The van der Waals surface area contributed by atoms with Gasteiger partial charge in [-0.15, -0.1) is 23.7 Å². The summed E-state index contributed by atoms with van der Waals surface area (Å²) in [5.41, 5.74) is 10.4. The Labute approximate surface area is 296 Å². The third-order valence-corrected chi connectivity index (χ3v) is 10.2. The first-order valence-electron chi connectivity index (χ1n) is 16.3. The van der Waals surface area contributed by atoms with E-state index in [2.05, 4.69) is 15.6 Å². The van der Waals surface area contributed by atoms with Gasteiger partial charge in [-0.2, -0.15) is 0 Å². The summed E-state index contributed by atoms with van der Waals surface area (Å²) in [5.74, 6) is -0.652. The number of aromatic nitrogens is 1. The van der Waals surface area contributed by atoms with Gasteiger partial charge in [-0.25, -0.2) is 4.98 Å². The van der Waals surface area contributed by atoms with Crippen LogP contribution < -0.4 is 21.1 Å². The van der Waals surface area contributed by atoms with Gasteiger partial charge in [-0.1, -0.05) is 45.0 Å². The van der Waals surface area contributed by atoms with Crippen LogP contribution in [0.2, 0.25) is 0 Å². The SMILES string of the molecule is Cc1ncsc1-c1ccc(C(C)NC(=O)[C@@H]2C[C@@H](O)CN2C(=O)C(NC(=O)c2cc3cc(OC4CC(N)C4)ccc3o2)C(C)(C)C)cc1.Cl. The molecule has 11 nitrogen and oxygen atoms in total. The molecular weight excluding hydrogens is 666 g/mol. The molecule has 3 amide bonds. The van der Waals surface area contributed by atoms with Crippen LogP contribution in [0.25, 0.3) is 21.4 Å². The Bertz CT molecular complexity index is 1810. The number of amides is 3. The molecule has 6 rings (SSSR count). The van der Waals surface area contributed by atoms with E-state index in [-0.39, 0.29) is 55.2 Å². The molecule has 1 aliphatic heterocycles. The Kier molecular flexibility index (Phi) is 10.7. The highest BCUT2D eigenvalue weighted by Crippen LogP contribution is 2.31. The number of carbonyl (C=O) groups is 3. The molecule has 1 aliphatic carbocycles. The van der Waals surface area contributed by atoms with Crippen LogP contribution in [0.5, 0.6) is 5.75 Å². The molecule has 2 fully saturated rings. The molecule has 2 unspecified atom stereocenters. The number of β-amino-alcohol motifs (C(OH)–C–C–N with tert-alkyl or cyclic N) is 1. The van der Waals surface area contributed by atoms with E-state index in [1.807, 2.05) is 70.5 Å². The van der Waals surface area contributed by atoms with Gasteiger partial charge in [-0.05, 0) is 67.5 Å². The number of nitrogens with zero attached hydrogens (tertiary/aromatic N) is 2. The topological polar surface area (TPSA) is 160 Å². The first-order chi connectivity index (χ1) is 22.8. The number of aryl methyl sites for hydroxylation is 1. The predicted octanol–water partition coefficient (Wildman–Crippen LogP) is 5.14. The number of furan rings is 1. The van der Waals surface area contributed by atoms with Gasteiger partial charge in [0.2, 0.25) is 11.8 Å². The van der Waals surface area contributed by atoms with Crippen molar-refractivity contribution < 1.29 is 28.6 Å². The van der Waals surface area contributed by atoms with Crippen molar-refractivity contribution in [2.24, 2.45) is 11.1 Å². The van der Waals surface area contributed by atoms with Crippen molar-refractivity contribution in [2.45, 2.75) is 90.3 Å². The fraction of sp³-hybridized carbons (Fsp3) is 0.444.